The molecule has 22 nitrogen and oxygen atoms in total. The highest BCUT2D eigenvalue weighted by atomic mass is 16.3. The molecule has 0 fully saturated rings. The zero-order valence-corrected chi connectivity index (χ0v) is 42.1. The van der Waals surface area contributed by atoms with E-state index in [1.165, 1.54) is 82.7 Å². The van der Waals surface area contributed by atoms with Crippen LogP contribution >= 0.6 is 0 Å². The lowest BCUT2D eigenvalue weighted by atomic mass is 10.0. The highest BCUT2D eigenvalue weighted by Crippen LogP contribution is 2.15. The highest BCUT2D eigenvalue weighted by Gasteiger charge is 2.33. The molecule has 0 aromatic heterocycles. The van der Waals surface area contributed by atoms with E-state index < -0.39 is 78.0 Å². The standard InChI is InChI=1S/C49H85N13O9/c1-3-4-5-6-7-8-9-10-11-12-13-14-15-22-43(66)58-36(20-18-31-57-49(54)55)45(68)60-37(27-29-41(52)64)46(69)61-38(28-30-42(53)65)47(70)62-39(32-33-23-25-34(63)26-24-33)48(71)59-35(44(67)56-2)19-16-17-21-40(50)51/h23-26,35-39,63H,3-22,27-32H2,1-2H3,(H3,50,51)(H2,52,64)(H2,53,65)(H,56,67)(H,58,66)(H,59,71)(H,60,68)(H,61,69)(H,62,70)(H4,54,55,57)/t35-,36-,37-,38-,39-/m0/s1. The second-order valence-electron chi connectivity index (χ2n) is 18.1. The minimum absolute atomic E-state index is 0.0268. The van der Waals surface area contributed by atoms with E-state index in [0.717, 1.165) is 25.7 Å². The van der Waals surface area contributed by atoms with Crippen LogP contribution in [-0.4, -0.2) is 108 Å². The van der Waals surface area contributed by atoms with Gasteiger partial charge in [-0.2, -0.15) is 0 Å². The third-order valence-corrected chi connectivity index (χ3v) is 11.8. The smallest absolute Gasteiger partial charge is 0.243 e. The Morgan fingerprint density at radius 2 is 0.915 bits per heavy atom. The number of carbonyl (C=O) groups is 8. The average molecular weight is 1000 g/mol. The number of likely N-dealkylation sites (N-methyl/N-ethyl adjacent to an activating group) is 1. The fourth-order valence-corrected chi connectivity index (χ4v) is 7.73. The van der Waals surface area contributed by atoms with E-state index in [2.05, 4.69) is 43.8 Å². The molecule has 22 heteroatoms. The Morgan fingerprint density at radius 3 is 1.37 bits per heavy atom. The third-order valence-electron chi connectivity index (χ3n) is 11.8. The van der Waals surface area contributed by atoms with Gasteiger partial charge in [-0.1, -0.05) is 103 Å². The van der Waals surface area contributed by atoms with Gasteiger partial charge in [0, 0.05) is 45.7 Å². The maximum Gasteiger partial charge on any atom is 0.243 e. The molecule has 0 heterocycles. The van der Waals surface area contributed by atoms with Crippen molar-refractivity contribution in [2.45, 2.75) is 198 Å². The summed E-state index contributed by atoms with van der Waals surface area (Å²) in [7, 11) is 1.39. The first-order chi connectivity index (χ1) is 33.9. The van der Waals surface area contributed by atoms with Crippen molar-refractivity contribution < 1.29 is 43.5 Å². The summed E-state index contributed by atoms with van der Waals surface area (Å²) in [6.07, 6.45) is 15.1. The summed E-state index contributed by atoms with van der Waals surface area (Å²) < 4.78 is 0. The van der Waals surface area contributed by atoms with Crippen LogP contribution in [0, 0.1) is 5.41 Å². The molecule has 0 saturated heterocycles. The summed E-state index contributed by atoms with van der Waals surface area (Å²) >= 11 is 0. The van der Waals surface area contributed by atoms with Gasteiger partial charge in [0.05, 0.1) is 5.84 Å². The average Bonchev–Trinajstić information content (AvgIpc) is 3.32. The number of nitrogens with zero attached hydrogens (tertiary/aromatic N) is 1. The molecule has 1 aromatic rings. The van der Waals surface area contributed by atoms with Crippen LogP contribution in [0.3, 0.4) is 0 Å². The van der Waals surface area contributed by atoms with Gasteiger partial charge in [-0.05, 0) is 62.6 Å². The number of phenolic OH excluding ortho intramolecular Hbond substituents is 1. The Labute approximate surface area is 419 Å². The molecule has 400 valence electrons. The number of rotatable bonds is 41. The molecule has 1 aromatic carbocycles. The van der Waals surface area contributed by atoms with Crippen LogP contribution < -0.4 is 60.6 Å². The number of benzene rings is 1. The van der Waals surface area contributed by atoms with Gasteiger partial charge in [0.2, 0.25) is 47.3 Å². The molecule has 5 atom stereocenters. The zero-order chi connectivity index (χ0) is 53.0. The second kappa shape index (κ2) is 37.4. The van der Waals surface area contributed by atoms with Crippen LogP contribution in [0.4, 0.5) is 0 Å². The SMILES string of the molecule is CCCCCCCCCCCCCCCC(=O)N[C@@H](CCCN=C(N)N)C(=O)N[C@@H](CCC(N)=O)C(=O)N[C@@H](CCC(N)=O)C(=O)N[C@@H](Cc1ccc(O)cc1)C(=O)N[C@@H](CCCCC(=N)N)C(=O)NC. The number of aromatic hydroxyl groups is 1. The van der Waals surface area contributed by atoms with E-state index in [1.54, 1.807) is 0 Å². The minimum atomic E-state index is -1.53. The third kappa shape index (κ3) is 30.7. The van der Waals surface area contributed by atoms with Crippen LogP contribution in [0.2, 0.25) is 0 Å². The molecule has 0 saturated carbocycles. The Morgan fingerprint density at radius 1 is 0.507 bits per heavy atom. The maximum atomic E-state index is 14.1. The largest absolute Gasteiger partial charge is 0.508 e. The van der Waals surface area contributed by atoms with Crippen molar-refractivity contribution in [2.24, 2.45) is 33.7 Å². The minimum Gasteiger partial charge on any atom is -0.508 e. The Hall–Kier alpha value is -6.48. The van der Waals surface area contributed by atoms with E-state index in [4.69, 9.17) is 34.1 Å². The summed E-state index contributed by atoms with van der Waals surface area (Å²) in [5, 5.41) is 33.0. The summed E-state index contributed by atoms with van der Waals surface area (Å²) in [6, 6.07) is -0.779. The van der Waals surface area contributed by atoms with Gasteiger partial charge >= 0.3 is 0 Å². The van der Waals surface area contributed by atoms with Gasteiger partial charge < -0.3 is 65.7 Å². The van der Waals surface area contributed by atoms with Crippen LogP contribution in [-0.2, 0) is 44.8 Å². The summed E-state index contributed by atoms with van der Waals surface area (Å²) in [6.45, 7) is 2.35. The van der Waals surface area contributed by atoms with Crippen molar-refractivity contribution >= 4 is 59.1 Å². The first-order valence-electron chi connectivity index (χ1n) is 25.3. The first kappa shape index (κ1) is 62.5. The molecule has 0 spiro atoms. The van der Waals surface area contributed by atoms with Crippen molar-refractivity contribution in [3.63, 3.8) is 0 Å². The number of primary amides is 2. The summed E-state index contributed by atoms with van der Waals surface area (Å²) in [5.74, 6) is -6.18. The van der Waals surface area contributed by atoms with E-state index in [1.807, 2.05) is 0 Å². The van der Waals surface area contributed by atoms with Crippen molar-refractivity contribution in [3.05, 3.63) is 29.8 Å². The van der Waals surface area contributed by atoms with E-state index in [9.17, 15) is 43.5 Å². The van der Waals surface area contributed by atoms with Crippen molar-refractivity contribution in [1.82, 2.24) is 31.9 Å². The fourth-order valence-electron chi connectivity index (χ4n) is 7.73. The first-order valence-corrected chi connectivity index (χ1v) is 25.3. The maximum absolute atomic E-state index is 14.1. The molecule has 0 aliphatic rings. The second-order valence-corrected chi connectivity index (χ2v) is 18.1. The molecular weight excluding hydrogens is 915 g/mol. The number of unbranched alkanes of at least 4 members (excludes halogenated alkanes) is 13. The monoisotopic (exact) mass is 1000 g/mol. The number of hydrogen-bond donors (Lipinski definition) is 13. The molecular formula is C49H85N13O9. The zero-order valence-electron chi connectivity index (χ0n) is 42.1. The van der Waals surface area contributed by atoms with Crippen molar-refractivity contribution in [2.75, 3.05) is 13.6 Å². The van der Waals surface area contributed by atoms with Gasteiger partial charge in [-0.25, -0.2) is 0 Å². The van der Waals surface area contributed by atoms with Crippen LogP contribution in [0.1, 0.15) is 167 Å². The van der Waals surface area contributed by atoms with Gasteiger partial charge in [-0.3, -0.25) is 48.8 Å². The predicted molar refractivity (Wildman–Crippen MR) is 273 cm³/mol. The normalized spacial score (nSPS) is 13.0. The number of guanidine groups is 1. The molecule has 0 unspecified atom stereocenters. The van der Waals surface area contributed by atoms with Crippen LogP contribution in [0.5, 0.6) is 5.75 Å². The van der Waals surface area contributed by atoms with Crippen molar-refractivity contribution in [3.8, 4) is 5.75 Å². The lowest BCUT2D eigenvalue weighted by Crippen LogP contribution is -2.59. The number of phenols is 1. The molecule has 0 bridgehead atoms. The number of nitrogens with two attached hydrogens (primary N) is 5. The van der Waals surface area contributed by atoms with Gasteiger partial charge in [0.15, 0.2) is 5.96 Å². The van der Waals surface area contributed by atoms with Gasteiger partial charge in [-0.15, -0.1) is 0 Å². The highest BCUT2D eigenvalue weighted by molar-refractivity contribution is 5.97. The number of amidine groups is 1. The van der Waals surface area contributed by atoms with Gasteiger partial charge in [0.25, 0.3) is 0 Å². The van der Waals surface area contributed by atoms with E-state index in [0.29, 0.717) is 24.8 Å². The van der Waals surface area contributed by atoms with Gasteiger partial charge in [0.1, 0.15) is 36.0 Å². The number of aliphatic imine (C=N–C) groups is 1. The molecule has 0 aliphatic heterocycles. The molecule has 1 rings (SSSR count). The van der Waals surface area contributed by atoms with E-state index in [-0.39, 0.29) is 87.8 Å². The quantitative estimate of drug-likeness (QED) is 0.0253. The fraction of sp³-hybridized carbons (Fsp3) is 0.673. The summed E-state index contributed by atoms with van der Waals surface area (Å²) in [4.78, 5) is 110. The molecule has 71 heavy (non-hydrogen) atoms. The van der Waals surface area contributed by atoms with E-state index >= 15 is 0 Å². The molecule has 18 N–H and O–H groups in total. The molecule has 8 amide bonds. The molecule has 0 radical (unpaired) electrons. The lowest BCUT2D eigenvalue weighted by molar-refractivity contribution is -0.135. The Kier molecular flexibility index (Phi) is 32.9. The Balaban J connectivity index is 3.25. The van der Waals surface area contributed by atoms with Crippen molar-refractivity contribution in [1.29, 1.82) is 5.41 Å². The number of nitrogens with one attached hydrogen (secondary N) is 7. The topological polar surface area (TPSA) is 395 Å². The lowest BCUT2D eigenvalue weighted by Gasteiger charge is -2.27. The molecule has 0 aliphatic carbocycles. The predicted octanol–water partition coefficient (Wildman–Crippen LogP) is 1.67. The number of carbonyl (C=O) groups excluding carboxylic acids is 8. The van der Waals surface area contributed by atoms with Crippen LogP contribution in [0.25, 0.3) is 0 Å². The Bertz CT molecular complexity index is 1840. The number of amides is 8. The number of hydrogen-bond acceptors (Lipinski definition) is 11. The summed E-state index contributed by atoms with van der Waals surface area (Å²) in [5.41, 5.74) is 27.8. The van der Waals surface area contributed by atoms with Crippen LogP contribution in [0.15, 0.2) is 29.3 Å².